The topological polar surface area (TPSA) is 115 Å². The van der Waals surface area contributed by atoms with Crippen molar-refractivity contribution < 1.29 is 30.0 Å². The maximum absolute atomic E-state index is 11.6. The van der Waals surface area contributed by atoms with Crippen LogP contribution in [-0.2, 0) is 16.0 Å². The molecular formula is C26H38O6. The van der Waals surface area contributed by atoms with Gasteiger partial charge in [0.05, 0.1) is 12.0 Å². The summed E-state index contributed by atoms with van der Waals surface area (Å²) in [5.74, 6) is -1.43. The summed E-state index contributed by atoms with van der Waals surface area (Å²) in [5, 5.41) is 37.5. The van der Waals surface area contributed by atoms with E-state index in [1.165, 1.54) is 25.3 Å². The number of carbonyl (C=O) groups excluding carboxylic acids is 2. The first-order valence-corrected chi connectivity index (χ1v) is 11.5. The Kier molecular flexibility index (Phi) is 13.3. The fraction of sp³-hybridized carbons (Fsp3) is 0.538. The van der Waals surface area contributed by atoms with Gasteiger partial charge < -0.3 is 25.2 Å². The lowest BCUT2D eigenvalue weighted by atomic mass is 9.76. The van der Waals surface area contributed by atoms with Gasteiger partial charge >= 0.3 is 0 Å². The number of allylic oxidation sites excluding steroid dienone is 4. The summed E-state index contributed by atoms with van der Waals surface area (Å²) in [6.07, 6.45) is 13.4. The highest BCUT2D eigenvalue weighted by Gasteiger charge is 2.41. The first-order valence-electron chi connectivity index (χ1n) is 11.5. The summed E-state index contributed by atoms with van der Waals surface area (Å²) < 4.78 is 0. The molecule has 1 aliphatic rings. The molecule has 2 rings (SSSR count). The van der Waals surface area contributed by atoms with Gasteiger partial charge in [-0.25, -0.2) is 0 Å². The Hall–Kier alpha value is -2.44. The maximum Gasteiger partial charge on any atom is 0.174 e. The zero-order valence-corrected chi connectivity index (χ0v) is 19.2. The van der Waals surface area contributed by atoms with E-state index < -0.39 is 23.9 Å². The van der Waals surface area contributed by atoms with Crippen molar-refractivity contribution in [3.63, 3.8) is 0 Å². The van der Waals surface area contributed by atoms with E-state index >= 15 is 0 Å². The Morgan fingerprint density at radius 3 is 2.41 bits per heavy atom. The van der Waals surface area contributed by atoms with Gasteiger partial charge in [-0.2, -0.15) is 0 Å². The van der Waals surface area contributed by atoms with E-state index in [1.807, 2.05) is 12.2 Å². The standard InChI is InChI=1S/C14H20O4.C12H18O2/c1-2-3-4-5-6-7-10-8-12(16)14(18)13(17)11(10)9-15;1-2-3-4-5-6-10-7-8-11(13)9-12(10)14/h4-7,9-12,14,16,18H,2-3,8H2,1H3;7-9,13-14H,2-6H2,1H3. The van der Waals surface area contributed by atoms with Crippen LogP contribution in [0.1, 0.15) is 64.4 Å². The van der Waals surface area contributed by atoms with E-state index in [2.05, 4.69) is 13.8 Å². The molecule has 0 radical (unpaired) electrons. The van der Waals surface area contributed by atoms with E-state index in [-0.39, 0.29) is 23.8 Å². The number of aromatic hydroxyl groups is 2. The summed E-state index contributed by atoms with van der Waals surface area (Å²) in [7, 11) is 0. The molecule has 1 fully saturated rings. The molecule has 4 N–H and O–H groups in total. The summed E-state index contributed by atoms with van der Waals surface area (Å²) in [6.45, 7) is 4.26. The quantitative estimate of drug-likeness (QED) is 0.185. The highest BCUT2D eigenvalue weighted by molar-refractivity contribution is 5.97. The van der Waals surface area contributed by atoms with E-state index in [9.17, 15) is 24.9 Å². The van der Waals surface area contributed by atoms with Gasteiger partial charge in [0.15, 0.2) is 5.78 Å². The van der Waals surface area contributed by atoms with Crippen molar-refractivity contribution in [3.8, 4) is 11.5 Å². The molecule has 4 unspecified atom stereocenters. The van der Waals surface area contributed by atoms with Gasteiger partial charge in [-0.05, 0) is 43.2 Å². The number of hydrogen-bond donors (Lipinski definition) is 4. The van der Waals surface area contributed by atoms with Crippen LogP contribution in [0.15, 0.2) is 42.5 Å². The third kappa shape index (κ3) is 9.37. The van der Waals surface area contributed by atoms with Crippen LogP contribution in [-0.4, -0.2) is 44.7 Å². The lowest BCUT2D eigenvalue weighted by molar-refractivity contribution is -0.146. The predicted octanol–water partition coefficient (Wildman–Crippen LogP) is 4.25. The van der Waals surface area contributed by atoms with Gasteiger partial charge in [0.25, 0.3) is 0 Å². The maximum atomic E-state index is 11.6. The molecule has 1 saturated carbocycles. The molecule has 1 aliphatic carbocycles. The third-order valence-electron chi connectivity index (χ3n) is 5.54. The second kappa shape index (κ2) is 15.4. The summed E-state index contributed by atoms with van der Waals surface area (Å²) >= 11 is 0. The average molecular weight is 447 g/mol. The number of carbonyl (C=O) groups is 2. The molecular weight excluding hydrogens is 408 g/mol. The smallest absolute Gasteiger partial charge is 0.174 e. The number of hydrogen-bond acceptors (Lipinski definition) is 6. The minimum atomic E-state index is -1.43. The lowest BCUT2D eigenvalue weighted by Crippen LogP contribution is -2.47. The third-order valence-corrected chi connectivity index (χ3v) is 5.54. The predicted molar refractivity (Wildman–Crippen MR) is 125 cm³/mol. The molecule has 178 valence electrons. The van der Waals surface area contributed by atoms with Crippen LogP contribution in [0.5, 0.6) is 11.5 Å². The molecule has 32 heavy (non-hydrogen) atoms. The molecule has 1 aromatic carbocycles. The fourth-order valence-corrected chi connectivity index (χ4v) is 3.57. The SMILES string of the molecule is CCCC=CC=CC1CC(O)C(O)C(=O)C1C=O.CCCCCCc1ccc(O)cc1O. The first-order chi connectivity index (χ1) is 15.3. The molecule has 0 heterocycles. The Bertz CT molecular complexity index is 755. The van der Waals surface area contributed by atoms with Crippen LogP contribution >= 0.6 is 0 Å². The first kappa shape index (κ1) is 27.6. The highest BCUT2D eigenvalue weighted by atomic mass is 16.3. The molecule has 6 heteroatoms. The monoisotopic (exact) mass is 446 g/mol. The molecule has 6 nitrogen and oxygen atoms in total. The molecule has 4 atom stereocenters. The zero-order valence-electron chi connectivity index (χ0n) is 19.2. The van der Waals surface area contributed by atoms with Gasteiger partial charge in [-0.15, -0.1) is 0 Å². The van der Waals surface area contributed by atoms with E-state index in [0.717, 1.165) is 31.2 Å². The average Bonchev–Trinajstić information content (AvgIpc) is 2.77. The van der Waals surface area contributed by atoms with Gasteiger partial charge in [0.2, 0.25) is 0 Å². The van der Waals surface area contributed by atoms with Gasteiger partial charge in [0, 0.05) is 6.07 Å². The molecule has 0 amide bonds. The number of rotatable bonds is 10. The number of unbranched alkanes of at least 4 members (excludes halogenated alkanes) is 4. The van der Waals surface area contributed by atoms with Crippen molar-refractivity contribution in [2.75, 3.05) is 0 Å². The minimum Gasteiger partial charge on any atom is -0.508 e. The Balaban J connectivity index is 0.000000330. The second-order valence-corrected chi connectivity index (χ2v) is 8.20. The molecule has 0 saturated heterocycles. The Morgan fingerprint density at radius 1 is 1.03 bits per heavy atom. The van der Waals surface area contributed by atoms with E-state index in [1.54, 1.807) is 24.3 Å². The fourth-order valence-electron chi connectivity index (χ4n) is 3.57. The molecule has 0 spiro atoms. The van der Waals surface area contributed by atoms with Gasteiger partial charge in [-0.1, -0.05) is 69.9 Å². The van der Waals surface area contributed by atoms with Crippen molar-refractivity contribution in [2.45, 2.75) is 77.4 Å². The zero-order chi connectivity index (χ0) is 23.9. The van der Waals surface area contributed by atoms with Gasteiger partial charge in [-0.3, -0.25) is 4.79 Å². The minimum absolute atomic E-state index is 0.125. The van der Waals surface area contributed by atoms with Gasteiger partial charge in [0.1, 0.15) is 23.9 Å². The van der Waals surface area contributed by atoms with Crippen molar-refractivity contribution in [2.24, 2.45) is 11.8 Å². The number of benzene rings is 1. The van der Waals surface area contributed by atoms with Crippen LogP contribution in [0.25, 0.3) is 0 Å². The summed E-state index contributed by atoms with van der Waals surface area (Å²) in [5.41, 5.74) is 0.930. The van der Waals surface area contributed by atoms with Crippen LogP contribution < -0.4 is 0 Å². The summed E-state index contributed by atoms with van der Waals surface area (Å²) in [6, 6.07) is 4.81. The second-order valence-electron chi connectivity index (χ2n) is 8.20. The number of aliphatic hydroxyl groups is 2. The van der Waals surface area contributed by atoms with Crippen molar-refractivity contribution in [1.82, 2.24) is 0 Å². The molecule has 1 aromatic rings. The number of phenolic OH excluding ortho intramolecular Hbond substituents is 2. The largest absolute Gasteiger partial charge is 0.508 e. The molecule has 0 bridgehead atoms. The van der Waals surface area contributed by atoms with Crippen molar-refractivity contribution in [1.29, 1.82) is 0 Å². The normalized spacial score (nSPS) is 23.3. The molecule has 0 aliphatic heterocycles. The highest BCUT2D eigenvalue weighted by Crippen LogP contribution is 2.28. The Labute approximate surface area is 191 Å². The van der Waals surface area contributed by atoms with Crippen LogP contribution in [0.4, 0.5) is 0 Å². The number of phenols is 2. The lowest BCUT2D eigenvalue weighted by Gasteiger charge is -2.31. The summed E-state index contributed by atoms with van der Waals surface area (Å²) in [4.78, 5) is 22.5. The van der Waals surface area contributed by atoms with Crippen LogP contribution in [0, 0.1) is 11.8 Å². The number of aldehydes is 1. The molecule has 0 aromatic heterocycles. The number of aliphatic hydroxyl groups excluding tert-OH is 2. The van der Waals surface area contributed by atoms with Crippen LogP contribution in [0.3, 0.4) is 0 Å². The van der Waals surface area contributed by atoms with E-state index in [4.69, 9.17) is 5.11 Å². The number of Topliss-reactive ketones (excluding diaryl/α,β-unsaturated/α-hetero) is 1. The van der Waals surface area contributed by atoms with Crippen LogP contribution in [0.2, 0.25) is 0 Å². The number of aryl methyl sites for hydroxylation is 1. The Morgan fingerprint density at radius 2 is 1.78 bits per heavy atom. The van der Waals surface area contributed by atoms with Crippen molar-refractivity contribution >= 4 is 12.1 Å². The van der Waals surface area contributed by atoms with Crippen molar-refractivity contribution in [3.05, 3.63) is 48.1 Å². The van der Waals surface area contributed by atoms with E-state index in [0.29, 0.717) is 6.29 Å². The number of ketones is 1.